The van der Waals surface area contributed by atoms with E-state index in [9.17, 15) is 4.79 Å². The number of hydrogen-bond donors (Lipinski definition) is 1. The molecule has 1 aliphatic heterocycles. The average Bonchev–Trinajstić information content (AvgIpc) is 3.00. The van der Waals surface area contributed by atoms with Crippen molar-refractivity contribution in [1.29, 1.82) is 0 Å². The van der Waals surface area contributed by atoms with Crippen LogP contribution in [-0.2, 0) is 0 Å². The number of para-hydroxylation sites is 1. The summed E-state index contributed by atoms with van der Waals surface area (Å²) in [5.41, 5.74) is 2.75. The summed E-state index contributed by atoms with van der Waals surface area (Å²) < 4.78 is 0. The minimum atomic E-state index is 0.0644. The molecule has 1 saturated heterocycles. The normalized spacial score (nSPS) is 18.5. The molecule has 1 atom stereocenters. The second-order valence-electron chi connectivity index (χ2n) is 5.77. The maximum Gasteiger partial charge on any atom is 0.272 e. The quantitative estimate of drug-likeness (QED) is 0.947. The Labute approximate surface area is 130 Å². The van der Waals surface area contributed by atoms with Gasteiger partial charge in [0.05, 0.1) is 6.20 Å². The Morgan fingerprint density at radius 3 is 2.73 bits per heavy atom. The van der Waals surface area contributed by atoms with E-state index in [0.29, 0.717) is 5.69 Å². The van der Waals surface area contributed by atoms with Crippen molar-refractivity contribution in [3.05, 3.63) is 47.8 Å². The van der Waals surface area contributed by atoms with Gasteiger partial charge in [-0.05, 0) is 31.0 Å². The van der Waals surface area contributed by atoms with Crippen molar-refractivity contribution in [3.63, 3.8) is 0 Å². The lowest BCUT2D eigenvalue weighted by atomic mass is 10.1. The zero-order chi connectivity index (χ0) is 15.5. The second kappa shape index (κ2) is 6.22. The van der Waals surface area contributed by atoms with Crippen LogP contribution in [0.25, 0.3) is 0 Å². The maximum atomic E-state index is 12.7. The van der Waals surface area contributed by atoms with E-state index in [2.05, 4.69) is 46.3 Å². The highest BCUT2D eigenvalue weighted by Gasteiger charge is 2.31. The SMILES string of the molecule is CCC1CN(c2ccccc2)CCN1C(=O)c1[nH]ncc1C. The monoisotopic (exact) mass is 298 g/mol. The summed E-state index contributed by atoms with van der Waals surface area (Å²) in [5, 5.41) is 6.80. The Bertz CT molecular complexity index is 637. The standard InChI is InChI=1S/C17H22N4O/c1-3-14-12-20(15-7-5-4-6-8-15)9-10-21(14)17(22)16-13(2)11-18-19-16/h4-8,11,14H,3,9-10,12H2,1-2H3,(H,18,19). The Kier molecular flexibility index (Phi) is 4.13. The molecule has 5 nitrogen and oxygen atoms in total. The second-order valence-corrected chi connectivity index (χ2v) is 5.77. The van der Waals surface area contributed by atoms with Crippen molar-refractivity contribution in [2.24, 2.45) is 0 Å². The fraction of sp³-hybridized carbons (Fsp3) is 0.412. The van der Waals surface area contributed by atoms with Crippen LogP contribution in [0.15, 0.2) is 36.5 Å². The van der Waals surface area contributed by atoms with Crippen molar-refractivity contribution in [2.45, 2.75) is 26.3 Å². The highest BCUT2D eigenvalue weighted by molar-refractivity contribution is 5.94. The zero-order valence-corrected chi connectivity index (χ0v) is 13.1. The van der Waals surface area contributed by atoms with Gasteiger partial charge in [-0.25, -0.2) is 0 Å². The number of H-pyrrole nitrogens is 1. The molecule has 22 heavy (non-hydrogen) atoms. The number of nitrogens with zero attached hydrogens (tertiary/aromatic N) is 3. The van der Waals surface area contributed by atoms with E-state index >= 15 is 0 Å². The van der Waals surface area contributed by atoms with Crippen LogP contribution in [0.5, 0.6) is 0 Å². The smallest absolute Gasteiger partial charge is 0.272 e. The van der Waals surface area contributed by atoms with E-state index < -0.39 is 0 Å². The summed E-state index contributed by atoms with van der Waals surface area (Å²) in [7, 11) is 0. The van der Waals surface area contributed by atoms with Crippen molar-refractivity contribution in [1.82, 2.24) is 15.1 Å². The van der Waals surface area contributed by atoms with Crippen LogP contribution >= 0.6 is 0 Å². The molecule has 2 aromatic rings. The number of anilines is 1. The fourth-order valence-corrected chi connectivity index (χ4v) is 3.05. The molecule has 0 saturated carbocycles. The molecule has 1 N–H and O–H groups in total. The molecule has 3 rings (SSSR count). The molecular formula is C17H22N4O. The van der Waals surface area contributed by atoms with Gasteiger partial charge >= 0.3 is 0 Å². The van der Waals surface area contributed by atoms with Crippen LogP contribution in [0, 0.1) is 6.92 Å². The molecule has 0 aliphatic carbocycles. The van der Waals surface area contributed by atoms with Crippen LogP contribution in [0.2, 0.25) is 0 Å². The molecule has 0 spiro atoms. The Morgan fingerprint density at radius 2 is 2.09 bits per heavy atom. The summed E-state index contributed by atoms with van der Waals surface area (Å²) in [6.45, 7) is 6.53. The number of aryl methyl sites for hydroxylation is 1. The molecule has 116 valence electrons. The van der Waals surface area contributed by atoms with Gasteiger partial charge in [-0.2, -0.15) is 5.10 Å². The molecular weight excluding hydrogens is 276 g/mol. The molecule has 5 heteroatoms. The van der Waals surface area contributed by atoms with Gasteiger partial charge in [-0.3, -0.25) is 9.89 Å². The van der Waals surface area contributed by atoms with Gasteiger partial charge in [-0.15, -0.1) is 0 Å². The Hall–Kier alpha value is -2.30. The highest BCUT2D eigenvalue weighted by atomic mass is 16.2. The van der Waals surface area contributed by atoms with E-state index in [1.807, 2.05) is 17.9 Å². The third kappa shape index (κ3) is 2.71. The number of piperazine rings is 1. The number of nitrogens with one attached hydrogen (secondary N) is 1. The van der Waals surface area contributed by atoms with Crippen molar-refractivity contribution in [3.8, 4) is 0 Å². The summed E-state index contributed by atoms with van der Waals surface area (Å²) in [6.07, 6.45) is 2.65. The van der Waals surface area contributed by atoms with E-state index in [0.717, 1.165) is 31.6 Å². The summed E-state index contributed by atoms with van der Waals surface area (Å²) in [4.78, 5) is 17.1. The third-order valence-corrected chi connectivity index (χ3v) is 4.38. The number of aromatic nitrogens is 2. The lowest BCUT2D eigenvalue weighted by Crippen LogP contribution is -2.55. The van der Waals surface area contributed by atoms with Crippen LogP contribution in [0.4, 0.5) is 5.69 Å². The molecule has 1 aromatic carbocycles. The fourth-order valence-electron chi connectivity index (χ4n) is 3.05. The van der Waals surface area contributed by atoms with E-state index in [-0.39, 0.29) is 11.9 Å². The number of carbonyl (C=O) groups is 1. The lowest BCUT2D eigenvalue weighted by molar-refractivity contribution is 0.0645. The average molecular weight is 298 g/mol. The molecule has 1 fully saturated rings. The first-order valence-electron chi connectivity index (χ1n) is 7.81. The minimum absolute atomic E-state index is 0.0644. The highest BCUT2D eigenvalue weighted by Crippen LogP contribution is 2.22. The number of rotatable bonds is 3. The number of hydrogen-bond acceptors (Lipinski definition) is 3. The van der Waals surface area contributed by atoms with Gasteiger partial charge < -0.3 is 9.80 Å². The van der Waals surface area contributed by atoms with Gasteiger partial charge in [0.1, 0.15) is 5.69 Å². The number of aromatic amines is 1. The molecule has 1 aromatic heterocycles. The third-order valence-electron chi connectivity index (χ3n) is 4.38. The molecule has 2 heterocycles. The Balaban J connectivity index is 1.76. The summed E-state index contributed by atoms with van der Waals surface area (Å²) >= 11 is 0. The number of benzene rings is 1. The van der Waals surface area contributed by atoms with Crippen molar-refractivity contribution < 1.29 is 4.79 Å². The van der Waals surface area contributed by atoms with Gasteiger partial charge in [0.15, 0.2) is 0 Å². The van der Waals surface area contributed by atoms with Crippen molar-refractivity contribution >= 4 is 11.6 Å². The maximum absolute atomic E-state index is 12.7. The van der Waals surface area contributed by atoms with E-state index in [1.165, 1.54) is 5.69 Å². The molecule has 0 radical (unpaired) electrons. The molecule has 1 aliphatic rings. The van der Waals surface area contributed by atoms with E-state index in [1.54, 1.807) is 6.20 Å². The summed E-state index contributed by atoms with van der Waals surface area (Å²) in [5.74, 6) is 0.0644. The topological polar surface area (TPSA) is 52.2 Å². The minimum Gasteiger partial charge on any atom is -0.368 e. The Morgan fingerprint density at radius 1 is 1.32 bits per heavy atom. The zero-order valence-electron chi connectivity index (χ0n) is 13.1. The molecule has 1 unspecified atom stereocenters. The van der Waals surface area contributed by atoms with E-state index in [4.69, 9.17) is 0 Å². The van der Waals surface area contributed by atoms with Gasteiger partial charge in [-0.1, -0.05) is 25.1 Å². The van der Waals surface area contributed by atoms with Gasteiger partial charge in [0.25, 0.3) is 5.91 Å². The lowest BCUT2D eigenvalue weighted by Gasteiger charge is -2.42. The van der Waals surface area contributed by atoms with Gasteiger partial charge in [0.2, 0.25) is 0 Å². The first-order chi connectivity index (χ1) is 10.7. The predicted octanol–water partition coefficient (Wildman–Crippen LogP) is 2.46. The van der Waals surface area contributed by atoms with Crippen LogP contribution in [0.3, 0.4) is 0 Å². The molecule has 0 bridgehead atoms. The number of amides is 1. The first kappa shape index (κ1) is 14.6. The number of carbonyl (C=O) groups excluding carboxylic acids is 1. The van der Waals surface area contributed by atoms with Crippen LogP contribution < -0.4 is 4.90 Å². The predicted molar refractivity (Wildman–Crippen MR) is 87.1 cm³/mol. The summed E-state index contributed by atoms with van der Waals surface area (Å²) in [6, 6.07) is 10.6. The molecule has 1 amide bonds. The van der Waals surface area contributed by atoms with Crippen LogP contribution in [0.1, 0.15) is 29.4 Å². The van der Waals surface area contributed by atoms with Crippen LogP contribution in [-0.4, -0.2) is 46.7 Å². The largest absolute Gasteiger partial charge is 0.368 e. The first-order valence-corrected chi connectivity index (χ1v) is 7.81. The van der Waals surface area contributed by atoms with Gasteiger partial charge in [0, 0.05) is 31.4 Å². The van der Waals surface area contributed by atoms with Crippen molar-refractivity contribution in [2.75, 3.05) is 24.5 Å².